The quantitative estimate of drug-likeness (QED) is 0.811. The Morgan fingerprint density at radius 2 is 1.86 bits per heavy atom. The van der Waals surface area contributed by atoms with E-state index in [9.17, 15) is 0 Å². The van der Waals surface area contributed by atoms with Crippen LogP contribution in [0.3, 0.4) is 0 Å². The second-order valence-electron chi connectivity index (χ2n) is 4.60. The number of hydrogen-bond donors (Lipinski definition) is 1. The van der Waals surface area contributed by atoms with Gasteiger partial charge in [-0.05, 0) is 47.1 Å². The maximum absolute atomic E-state index is 5.66. The third kappa shape index (κ3) is 3.41. The van der Waals surface area contributed by atoms with E-state index in [1.54, 1.807) is 20.5 Å². The van der Waals surface area contributed by atoms with E-state index in [2.05, 4.69) is 28.2 Å². The number of benzene rings is 1. The molecular formula is C16H20BrNO3. The van der Waals surface area contributed by atoms with Gasteiger partial charge in [0.1, 0.15) is 17.3 Å². The van der Waals surface area contributed by atoms with E-state index in [4.69, 9.17) is 13.9 Å². The van der Waals surface area contributed by atoms with E-state index in [-0.39, 0.29) is 6.04 Å². The maximum Gasteiger partial charge on any atom is 0.139 e. The summed E-state index contributed by atoms with van der Waals surface area (Å²) in [6.45, 7) is 2.99. The Kier molecular flexibility index (Phi) is 5.70. The number of halogens is 1. The first-order chi connectivity index (χ1) is 10.2. The molecule has 0 aliphatic rings. The van der Waals surface area contributed by atoms with Gasteiger partial charge in [0, 0.05) is 0 Å². The zero-order valence-electron chi connectivity index (χ0n) is 12.5. The highest BCUT2D eigenvalue weighted by atomic mass is 79.9. The molecule has 114 valence electrons. The topological polar surface area (TPSA) is 43.6 Å². The Morgan fingerprint density at radius 3 is 2.33 bits per heavy atom. The molecular weight excluding hydrogens is 334 g/mol. The van der Waals surface area contributed by atoms with Crippen LogP contribution in [0.15, 0.2) is 39.4 Å². The molecule has 2 aromatic rings. The molecule has 0 fully saturated rings. The van der Waals surface area contributed by atoms with Crippen molar-refractivity contribution in [2.45, 2.75) is 19.4 Å². The number of furan rings is 1. The molecule has 0 amide bonds. The normalized spacial score (nSPS) is 12.2. The van der Waals surface area contributed by atoms with Crippen LogP contribution < -0.4 is 14.8 Å². The lowest BCUT2D eigenvalue weighted by Crippen LogP contribution is -2.24. The number of ether oxygens (including phenoxy) is 2. The second kappa shape index (κ2) is 7.52. The highest BCUT2D eigenvalue weighted by Crippen LogP contribution is 2.39. The van der Waals surface area contributed by atoms with Crippen molar-refractivity contribution in [2.24, 2.45) is 0 Å². The van der Waals surface area contributed by atoms with E-state index < -0.39 is 0 Å². The van der Waals surface area contributed by atoms with Gasteiger partial charge >= 0.3 is 0 Å². The van der Waals surface area contributed by atoms with Crippen LogP contribution in [0.1, 0.15) is 30.7 Å². The maximum atomic E-state index is 5.66. The lowest BCUT2D eigenvalue weighted by Gasteiger charge is -2.22. The Bertz CT molecular complexity index is 560. The van der Waals surface area contributed by atoms with Crippen LogP contribution in [-0.2, 0) is 0 Å². The summed E-state index contributed by atoms with van der Waals surface area (Å²) >= 11 is 3.53. The average Bonchev–Trinajstić information content (AvgIpc) is 2.93. The molecule has 1 heterocycles. The monoisotopic (exact) mass is 353 g/mol. The van der Waals surface area contributed by atoms with Gasteiger partial charge < -0.3 is 19.2 Å². The Hall–Kier alpha value is -1.46. The number of hydrogen-bond acceptors (Lipinski definition) is 4. The predicted octanol–water partition coefficient (Wildman–Crippen LogP) is 4.15. The third-order valence-corrected chi connectivity index (χ3v) is 3.92. The molecule has 0 aliphatic heterocycles. The number of nitrogens with one attached hydrogen (secondary N) is 1. The molecule has 0 saturated heterocycles. The summed E-state index contributed by atoms with van der Waals surface area (Å²) in [6, 6.07) is 7.51. The molecule has 0 bridgehead atoms. The summed E-state index contributed by atoms with van der Waals surface area (Å²) in [4.78, 5) is 0. The predicted molar refractivity (Wildman–Crippen MR) is 86.1 cm³/mol. The van der Waals surface area contributed by atoms with Gasteiger partial charge in [-0.15, -0.1) is 0 Å². The first kappa shape index (κ1) is 15.9. The van der Waals surface area contributed by atoms with Crippen molar-refractivity contribution in [3.05, 3.63) is 46.3 Å². The van der Waals surface area contributed by atoms with Crippen LogP contribution in [0.2, 0.25) is 0 Å². The van der Waals surface area contributed by atoms with Crippen molar-refractivity contribution in [3.63, 3.8) is 0 Å². The lowest BCUT2D eigenvalue weighted by atomic mass is 10.0. The van der Waals surface area contributed by atoms with Gasteiger partial charge in [-0.1, -0.05) is 13.0 Å². The van der Waals surface area contributed by atoms with Gasteiger partial charge in [0.25, 0.3) is 0 Å². The molecule has 1 atom stereocenters. The van der Waals surface area contributed by atoms with Crippen molar-refractivity contribution >= 4 is 15.9 Å². The van der Waals surface area contributed by atoms with Gasteiger partial charge in [-0.25, -0.2) is 0 Å². The van der Waals surface area contributed by atoms with E-state index in [0.29, 0.717) is 0 Å². The van der Waals surface area contributed by atoms with Crippen molar-refractivity contribution < 1.29 is 13.9 Å². The van der Waals surface area contributed by atoms with Gasteiger partial charge in [0.05, 0.1) is 36.6 Å². The van der Waals surface area contributed by atoms with Crippen LogP contribution in [-0.4, -0.2) is 20.8 Å². The zero-order valence-corrected chi connectivity index (χ0v) is 14.1. The van der Waals surface area contributed by atoms with Crippen LogP contribution in [0, 0.1) is 0 Å². The van der Waals surface area contributed by atoms with Crippen molar-refractivity contribution in [1.82, 2.24) is 5.32 Å². The van der Waals surface area contributed by atoms with Crippen LogP contribution in [0.5, 0.6) is 11.5 Å². The first-order valence-corrected chi connectivity index (χ1v) is 7.69. The Morgan fingerprint density at radius 1 is 1.19 bits per heavy atom. The third-order valence-electron chi connectivity index (χ3n) is 3.26. The Balaban J connectivity index is 2.53. The van der Waals surface area contributed by atoms with E-state index in [0.717, 1.165) is 40.3 Å². The van der Waals surface area contributed by atoms with E-state index in [1.807, 2.05) is 24.3 Å². The summed E-state index contributed by atoms with van der Waals surface area (Å²) < 4.78 is 17.6. The lowest BCUT2D eigenvalue weighted by molar-refractivity contribution is 0.365. The van der Waals surface area contributed by atoms with Crippen LogP contribution in [0.4, 0.5) is 0 Å². The molecule has 1 aromatic heterocycles. The largest absolute Gasteiger partial charge is 0.496 e. The molecule has 4 nitrogen and oxygen atoms in total. The molecule has 0 radical (unpaired) electrons. The molecule has 1 aromatic carbocycles. The molecule has 5 heteroatoms. The summed E-state index contributed by atoms with van der Waals surface area (Å²) in [5.41, 5.74) is 0.937. The highest BCUT2D eigenvalue weighted by molar-refractivity contribution is 9.10. The van der Waals surface area contributed by atoms with Gasteiger partial charge in [0.2, 0.25) is 0 Å². The Labute approximate surface area is 133 Å². The van der Waals surface area contributed by atoms with Crippen LogP contribution >= 0.6 is 15.9 Å². The molecule has 21 heavy (non-hydrogen) atoms. The fourth-order valence-corrected chi connectivity index (χ4v) is 2.72. The molecule has 0 saturated carbocycles. The molecule has 0 aliphatic carbocycles. The standard InChI is InChI=1S/C16H20BrNO3/c1-4-9-18-15(16-11(17)8-10-21-16)14-12(19-2)6-5-7-13(14)20-3/h5-8,10,15,18H,4,9H2,1-3H3. The fourth-order valence-electron chi connectivity index (χ4n) is 2.29. The van der Waals surface area contributed by atoms with Crippen molar-refractivity contribution in [2.75, 3.05) is 20.8 Å². The van der Waals surface area contributed by atoms with Gasteiger partial charge in [-0.2, -0.15) is 0 Å². The van der Waals surface area contributed by atoms with Crippen molar-refractivity contribution in [3.8, 4) is 11.5 Å². The van der Waals surface area contributed by atoms with Gasteiger partial charge in [-0.3, -0.25) is 0 Å². The first-order valence-electron chi connectivity index (χ1n) is 6.90. The molecule has 1 unspecified atom stereocenters. The minimum absolute atomic E-state index is 0.138. The highest BCUT2D eigenvalue weighted by Gasteiger charge is 2.26. The van der Waals surface area contributed by atoms with Gasteiger partial charge in [0.15, 0.2) is 0 Å². The summed E-state index contributed by atoms with van der Waals surface area (Å²) in [5, 5.41) is 3.49. The number of methoxy groups -OCH3 is 2. The minimum atomic E-state index is -0.138. The number of rotatable bonds is 7. The molecule has 0 spiro atoms. The smallest absolute Gasteiger partial charge is 0.139 e. The average molecular weight is 354 g/mol. The fraction of sp³-hybridized carbons (Fsp3) is 0.375. The van der Waals surface area contributed by atoms with Crippen LogP contribution in [0.25, 0.3) is 0 Å². The summed E-state index contributed by atoms with van der Waals surface area (Å²) in [7, 11) is 3.32. The summed E-state index contributed by atoms with van der Waals surface area (Å²) in [6.07, 6.45) is 2.69. The summed E-state index contributed by atoms with van der Waals surface area (Å²) in [5.74, 6) is 2.35. The SMILES string of the molecule is CCCNC(c1occc1Br)c1c(OC)cccc1OC. The zero-order chi connectivity index (χ0) is 15.2. The van der Waals surface area contributed by atoms with Crippen molar-refractivity contribution in [1.29, 1.82) is 0 Å². The molecule has 1 N–H and O–H groups in total. The van der Waals surface area contributed by atoms with E-state index in [1.165, 1.54) is 0 Å². The molecule has 2 rings (SSSR count). The second-order valence-corrected chi connectivity index (χ2v) is 5.45. The minimum Gasteiger partial charge on any atom is -0.496 e. The van der Waals surface area contributed by atoms with E-state index >= 15 is 0 Å².